The van der Waals surface area contributed by atoms with Gasteiger partial charge in [0.2, 0.25) is 11.7 Å². The molecule has 2 heterocycles. The van der Waals surface area contributed by atoms with E-state index >= 15 is 0 Å². The largest absolute Gasteiger partial charge is 0.454 e. The lowest BCUT2D eigenvalue weighted by Crippen LogP contribution is -2.35. The van der Waals surface area contributed by atoms with Crippen molar-refractivity contribution < 1.29 is 18.8 Å². The molecule has 1 aromatic heterocycles. The Hall–Kier alpha value is -2.70. The minimum Gasteiger partial charge on any atom is -0.454 e. The van der Waals surface area contributed by atoms with Gasteiger partial charge < -0.3 is 14.2 Å². The third-order valence-electron chi connectivity index (χ3n) is 4.20. The molecule has 1 aliphatic rings. The van der Waals surface area contributed by atoms with Crippen LogP contribution in [0.25, 0.3) is 11.4 Å². The van der Waals surface area contributed by atoms with E-state index in [1.54, 1.807) is 4.90 Å². The molecule has 1 amide bonds. The van der Waals surface area contributed by atoms with Crippen LogP contribution in [-0.4, -0.2) is 40.0 Å². The lowest BCUT2D eigenvalue weighted by atomic mass is 10.1. The van der Waals surface area contributed by atoms with Crippen molar-refractivity contribution in [3.63, 3.8) is 0 Å². The average molecular weight is 343 g/mol. The summed E-state index contributed by atoms with van der Waals surface area (Å²) in [5.41, 5.74) is 1.91. The Balaban J connectivity index is 1.54. The molecule has 0 saturated carbocycles. The molecular weight excluding hydrogens is 322 g/mol. The molecule has 0 spiro atoms. The fourth-order valence-corrected chi connectivity index (χ4v) is 2.80. The second kappa shape index (κ2) is 7.92. The Morgan fingerprint density at radius 3 is 2.96 bits per heavy atom. The fourth-order valence-electron chi connectivity index (χ4n) is 2.80. The number of hydrogen-bond donors (Lipinski definition) is 0. The van der Waals surface area contributed by atoms with Crippen molar-refractivity contribution in [2.75, 3.05) is 13.1 Å². The van der Waals surface area contributed by atoms with Crippen molar-refractivity contribution in [3.05, 3.63) is 35.7 Å². The zero-order valence-corrected chi connectivity index (χ0v) is 14.2. The fraction of sp³-hybridized carbons (Fsp3) is 0.444. The summed E-state index contributed by atoms with van der Waals surface area (Å²) < 4.78 is 10.3. The summed E-state index contributed by atoms with van der Waals surface area (Å²) in [5.74, 6) is 0.237. The van der Waals surface area contributed by atoms with E-state index in [0.29, 0.717) is 18.8 Å². The van der Waals surface area contributed by atoms with Crippen LogP contribution in [-0.2, 0) is 20.9 Å². The van der Waals surface area contributed by atoms with Crippen molar-refractivity contribution >= 4 is 11.9 Å². The highest BCUT2D eigenvalue weighted by molar-refractivity contribution is 5.82. The normalized spacial score (nSPS) is 15.1. The maximum Gasteiger partial charge on any atom is 0.326 e. The Kier molecular flexibility index (Phi) is 5.42. The molecule has 0 N–H and O–H groups in total. The number of carbonyl (C=O) groups excluding carboxylic acids is 2. The minimum absolute atomic E-state index is 0.00841. The molecule has 25 heavy (non-hydrogen) atoms. The number of aryl methyl sites for hydroxylation is 1. The number of carbonyl (C=O) groups is 2. The number of hydrogen-bond acceptors (Lipinski definition) is 6. The standard InChI is InChI=1S/C18H21N3O4/c1-13-7-4-5-8-14(13)18-19-15(25-20-18)12-24-17(23)11-21-10-6-2-3-9-16(21)22/h4-5,7-8H,2-3,6,9-12H2,1H3. The molecule has 1 aromatic carbocycles. The Morgan fingerprint density at radius 1 is 1.28 bits per heavy atom. The summed E-state index contributed by atoms with van der Waals surface area (Å²) >= 11 is 0. The number of benzene rings is 1. The summed E-state index contributed by atoms with van der Waals surface area (Å²) in [5, 5.41) is 3.92. The maximum atomic E-state index is 12.0. The molecule has 132 valence electrons. The number of likely N-dealkylation sites (tertiary alicyclic amines) is 1. The van der Waals surface area contributed by atoms with Gasteiger partial charge in [-0.25, -0.2) is 0 Å². The minimum atomic E-state index is -0.467. The van der Waals surface area contributed by atoms with Crippen LogP contribution in [0.5, 0.6) is 0 Å². The monoisotopic (exact) mass is 343 g/mol. The van der Waals surface area contributed by atoms with Crippen LogP contribution < -0.4 is 0 Å². The van der Waals surface area contributed by atoms with Crippen LogP contribution in [0, 0.1) is 6.92 Å². The van der Waals surface area contributed by atoms with E-state index in [0.717, 1.165) is 30.4 Å². The van der Waals surface area contributed by atoms with Gasteiger partial charge in [-0.1, -0.05) is 35.8 Å². The van der Waals surface area contributed by atoms with Crippen LogP contribution in [0.15, 0.2) is 28.8 Å². The number of ether oxygens (including phenoxy) is 1. The van der Waals surface area contributed by atoms with Crippen LogP contribution in [0.2, 0.25) is 0 Å². The number of nitrogens with zero attached hydrogens (tertiary/aromatic N) is 3. The highest BCUT2D eigenvalue weighted by atomic mass is 16.6. The Bertz CT molecular complexity index is 756. The maximum absolute atomic E-state index is 12.0. The van der Waals surface area contributed by atoms with E-state index in [2.05, 4.69) is 10.1 Å². The molecule has 0 radical (unpaired) electrons. The third kappa shape index (κ3) is 4.43. The highest BCUT2D eigenvalue weighted by Gasteiger charge is 2.20. The van der Waals surface area contributed by atoms with Gasteiger partial charge in [0.15, 0.2) is 6.61 Å². The topological polar surface area (TPSA) is 85.5 Å². The zero-order valence-electron chi connectivity index (χ0n) is 14.2. The summed E-state index contributed by atoms with van der Waals surface area (Å²) in [6, 6.07) is 7.70. The van der Waals surface area contributed by atoms with Gasteiger partial charge in [-0.2, -0.15) is 4.98 Å². The van der Waals surface area contributed by atoms with E-state index < -0.39 is 5.97 Å². The van der Waals surface area contributed by atoms with Gasteiger partial charge in [-0.3, -0.25) is 9.59 Å². The molecule has 0 bridgehead atoms. The Labute approximate surface area is 146 Å². The van der Waals surface area contributed by atoms with E-state index in [4.69, 9.17) is 9.26 Å². The van der Waals surface area contributed by atoms with Gasteiger partial charge >= 0.3 is 5.97 Å². The number of esters is 1. The first kappa shape index (κ1) is 17.1. The van der Waals surface area contributed by atoms with Gasteiger partial charge in [0.1, 0.15) is 6.54 Å². The van der Waals surface area contributed by atoms with E-state index in [9.17, 15) is 9.59 Å². The van der Waals surface area contributed by atoms with Crippen LogP contribution in [0.3, 0.4) is 0 Å². The number of rotatable bonds is 5. The molecule has 0 unspecified atom stereocenters. The van der Waals surface area contributed by atoms with Crippen LogP contribution >= 0.6 is 0 Å². The molecule has 3 rings (SSSR count). The zero-order chi connectivity index (χ0) is 17.6. The van der Waals surface area contributed by atoms with Crippen molar-refractivity contribution in [1.29, 1.82) is 0 Å². The quantitative estimate of drug-likeness (QED) is 0.775. The highest BCUT2D eigenvalue weighted by Crippen LogP contribution is 2.20. The van der Waals surface area contributed by atoms with Gasteiger partial charge in [-0.05, 0) is 25.3 Å². The first-order valence-electron chi connectivity index (χ1n) is 8.45. The van der Waals surface area contributed by atoms with Gasteiger partial charge in [0, 0.05) is 18.5 Å². The van der Waals surface area contributed by atoms with Gasteiger partial charge in [-0.15, -0.1) is 0 Å². The van der Waals surface area contributed by atoms with E-state index in [1.807, 2.05) is 31.2 Å². The lowest BCUT2D eigenvalue weighted by Gasteiger charge is -2.18. The smallest absolute Gasteiger partial charge is 0.326 e. The van der Waals surface area contributed by atoms with Crippen molar-refractivity contribution in [2.45, 2.75) is 39.2 Å². The first-order valence-corrected chi connectivity index (χ1v) is 8.45. The SMILES string of the molecule is Cc1ccccc1-c1noc(COC(=O)CN2CCCCCC2=O)n1. The predicted octanol–water partition coefficient (Wildman–Crippen LogP) is 2.49. The van der Waals surface area contributed by atoms with Crippen molar-refractivity contribution in [3.8, 4) is 11.4 Å². The molecule has 1 fully saturated rings. The van der Waals surface area contributed by atoms with E-state index in [-0.39, 0.29) is 24.9 Å². The summed E-state index contributed by atoms with van der Waals surface area (Å²) in [6.07, 6.45) is 3.31. The summed E-state index contributed by atoms with van der Waals surface area (Å²) in [6.45, 7) is 2.44. The molecule has 1 aliphatic heterocycles. The summed E-state index contributed by atoms with van der Waals surface area (Å²) in [7, 11) is 0. The van der Waals surface area contributed by atoms with Crippen molar-refractivity contribution in [1.82, 2.24) is 15.0 Å². The molecule has 1 saturated heterocycles. The number of aromatic nitrogens is 2. The van der Waals surface area contributed by atoms with Crippen LogP contribution in [0.4, 0.5) is 0 Å². The second-order valence-corrected chi connectivity index (χ2v) is 6.11. The van der Waals surface area contributed by atoms with Crippen LogP contribution in [0.1, 0.15) is 37.1 Å². The lowest BCUT2D eigenvalue weighted by molar-refractivity contribution is -0.150. The predicted molar refractivity (Wildman–Crippen MR) is 89.3 cm³/mol. The average Bonchev–Trinajstić information content (AvgIpc) is 2.98. The molecular formula is C18H21N3O4. The molecule has 0 aliphatic carbocycles. The van der Waals surface area contributed by atoms with Gasteiger partial charge in [0.25, 0.3) is 5.89 Å². The molecule has 0 atom stereocenters. The van der Waals surface area contributed by atoms with Crippen molar-refractivity contribution in [2.24, 2.45) is 0 Å². The summed E-state index contributed by atoms with van der Waals surface area (Å²) in [4.78, 5) is 29.7. The Morgan fingerprint density at radius 2 is 2.12 bits per heavy atom. The first-order chi connectivity index (χ1) is 12.1. The second-order valence-electron chi connectivity index (χ2n) is 6.11. The molecule has 7 heteroatoms. The number of amides is 1. The molecule has 7 nitrogen and oxygen atoms in total. The van der Waals surface area contributed by atoms with Gasteiger partial charge in [0.05, 0.1) is 0 Å². The molecule has 2 aromatic rings. The van der Waals surface area contributed by atoms with E-state index in [1.165, 1.54) is 0 Å². The third-order valence-corrected chi connectivity index (χ3v) is 4.20.